The van der Waals surface area contributed by atoms with E-state index in [4.69, 9.17) is 11.6 Å². The first-order valence-electron chi connectivity index (χ1n) is 8.16. The maximum absolute atomic E-state index is 13.0. The first-order chi connectivity index (χ1) is 11.6. The van der Waals surface area contributed by atoms with Crippen LogP contribution in [0, 0.1) is 5.82 Å². The Balaban J connectivity index is 1.44. The van der Waals surface area contributed by atoms with Gasteiger partial charge in [0.25, 0.3) is 5.91 Å². The zero-order chi connectivity index (χ0) is 16.9. The first-order valence-corrected chi connectivity index (χ1v) is 8.53. The summed E-state index contributed by atoms with van der Waals surface area (Å²) in [6, 6.07) is 12.3. The van der Waals surface area contributed by atoms with Crippen LogP contribution in [0.3, 0.4) is 0 Å². The van der Waals surface area contributed by atoms with Gasteiger partial charge in [-0.05, 0) is 42.2 Å². The lowest BCUT2D eigenvalue weighted by molar-refractivity contribution is 0.0951. The molecule has 1 aliphatic heterocycles. The van der Waals surface area contributed by atoms with Gasteiger partial charge in [-0.25, -0.2) is 4.39 Å². The minimum atomic E-state index is -0.443. The van der Waals surface area contributed by atoms with E-state index >= 15 is 0 Å². The molecular weight excluding hydrogens is 327 g/mol. The van der Waals surface area contributed by atoms with Crippen molar-refractivity contribution in [1.82, 2.24) is 10.2 Å². The van der Waals surface area contributed by atoms with Gasteiger partial charge in [0.1, 0.15) is 5.82 Å². The summed E-state index contributed by atoms with van der Waals surface area (Å²) in [7, 11) is 0. The number of hydrogen-bond acceptors (Lipinski definition) is 2. The van der Waals surface area contributed by atoms with E-state index in [1.807, 2.05) is 0 Å². The van der Waals surface area contributed by atoms with Crippen LogP contribution in [0.25, 0.3) is 0 Å². The highest BCUT2D eigenvalue weighted by atomic mass is 35.5. The van der Waals surface area contributed by atoms with Crippen molar-refractivity contribution in [3.63, 3.8) is 0 Å². The molecular formula is C19H20ClFN2O. The van der Waals surface area contributed by atoms with Gasteiger partial charge in [-0.3, -0.25) is 9.69 Å². The van der Waals surface area contributed by atoms with Gasteiger partial charge >= 0.3 is 0 Å². The van der Waals surface area contributed by atoms with Gasteiger partial charge in [0.2, 0.25) is 0 Å². The molecule has 0 saturated carbocycles. The quantitative estimate of drug-likeness (QED) is 0.838. The van der Waals surface area contributed by atoms with Crippen LogP contribution in [-0.4, -0.2) is 30.4 Å². The molecule has 1 N–H and O–H groups in total. The second-order valence-electron chi connectivity index (χ2n) is 6.03. The number of fused-ring (bicyclic) bond motifs is 1. The number of benzene rings is 2. The number of nitrogens with one attached hydrogen (secondary N) is 1. The summed E-state index contributed by atoms with van der Waals surface area (Å²) in [5.74, 6) is -0.703. The van der Waals surface area contributed by atoms with E-state index in [2.05, 4.69) is 34.5 Å². The van der Waals surface area contributed by atoms with Crippen LogP contribution in [0.4, 0.5) is 4.39 Å². The van der Waals surface area contributed by atoms with Crippen molar-refractivity contribution in [3.05, 3.63) is 70.0 Å². The lowest BCUT2D eigenvalue weighted by Gasteiger charge is -2.28. The number of nitrogens with zero attached hydrogens (tertiary/aromatic N) is 1. The fourth-order valence-electron chi connectivity index (χ4n) is 3.02. The molecule has 3 rings (SSSR count). The maximum Gasteiger partial charge on any atom is 0.252 e. The largest absolute Gasteiger partial charge is 0.352 e. The molecule has 1 amide bonds. The number of amides is 1. The molecule has 2 aromatic carbocycles. The van der Waals surface area contributed by atoms with E-state index in [0.29, 0.717) is 12.1 Å². The zero-order valence-electron chi connectivity index (χ0n) is 13.4. The van der Waals surface area contributed by atoms with Crippen molar-refractivity contribution >= 4 is 17.5 Å². The molecule has 0 radical (unpaired) electrons. The third-order valence-corrected chi connectivity index (χ3v) is 4.63. The Morgan fingerprint density at radius 1 is 1.21 bits per heavy atom. The SMILES string of the molecule is O=C(NCCCN1CCc2ccccc2C1)c1ccc(F)cc1Cl. The van der Waals surface area contributed by atoms with Gasteiger partial charge in [-0.1, -0.05) is 35.9 Å². The fraction of sp³-hybridized carbons (Fsp3) is 0.316. The topological polar surface area (TPSA) is 32.3 Å². The lowest BCUT2D eigenvalue weighted by atomic mass is 10.00. The van der Waals surface area contributed by atoms with Crippen LogP contribution in [0.2, 0.25) is 5.02 Å². The first kappa shape index (κ1) is 16.9. The standard InChI is InChI=1S/C19H20ClFN2O/c20-18-12-16(21)6-7-17(18)19(24)22-9-3-10-23-11-8-14-4-1-2-5-15(14)13-23/h1-2,4-7,12H,3,8-11,13H2,(H,22,24). The van der Waals surface area contributed by atoms with Crippen molar-refractivity contribution < 1.29 is 9.18 Å². The molecule has 0 saturated heterocycles. The Bertz CT molecular complexity index is 735. The van der Waals surface area contributed by atoms with Gasteiger partial charge in [0.05, 0.1) is 10.6 Å². The number of rotatable bonds is 5. The Morgan fingerprint density at radius 3 is 2.79 bits per heavy atom. The van der Waals surface area contributed by atoms with Crippen LogP contribution in [-0.2, 0) is 13.0 Å². The van der Waals surface area contributed by atoms with Gasteiger partial charge < -0.3 is 5.32 Å². The summed E-state index contributed by atoms with van der Waals surface area (Å²) < 4.78 is 13.0. The highest BCUT2D eigenvalue weighted by Gasteiger charge is 2.15. The Morgan fingerprint density at radius 2 is 2.00 bits per heavy atom. The summed E-state index contributed by atoms with van der Waals surface area (Å²) >= 11 is 5.90. The maximum atomic E-state index is 13.0. The number of hydrogen-bond donors (Lipinski definition) is 1. The Labute approximate surface area is 146 Å². The predicted molar refractivity (Wildman–Crippen MR) is 93.8 cm³/mol. The van der Waals surface area contributed by atoms with Gasteiger partial charge in [-0.2, -0.15) is 0 Å². The fourth-order valence-corrected chi connectivity index (χ4v) is 3.27. The van der Waals surface area contributed by atoms with Gasteiger partial charge in [-0.15, -0.1) is 0 Å². The molecule has 1 heterocycles. The highest BCUT2D eigenvalue weighted by molar-refractivity contribution is 6.33. The Hall–Kier alpha value is -1.91. The summed E-state index contributed by atoms with van der Waals surface area (Å²) in [6.07, 6.45) is 1.94. The van der Waals surface area contributed by atoms with Crippen molar-refractivity contribution in [2.24, 2.45) is 0 Å². The molecule has 2 aromatic rings. The number of carbonyl (C=O) groups excluding carboxylic acids is 1. The minimum absolute atomic E-state index is 0.139. The lowest BCUT2D eigenvalue weighted by Crippen LogP contribution is -2.33. The van der Waals surface area contributed by atoms with Gasteiger partial charge in [0.15, 0.2) is 0 Å². The monoisotopic (exact) mass is 346 g/mol. The normalized spacial score (nSPS) is 14.2. The number of carbonyl (C=O) groups is 1. The van der Waals surface area contributed by atoms with E-state index in [9.17, 15) is 9.18 Å². The van der Waals surface area contributed by atoms with Crippen molar-refractivity contribution in [2.45, 2.75) is 19.4 Å². The molecule has 3 nitrogen and oxygen atoms in total. The predicted octanol–water partition coefficient (Wildman–Crippen LogP) is 3.66. The summed E-state index contributed by atoms with van der Waals surface area (Å²) in [5, 5.41) is 2.98. The second kappa shape index (κ2) is 7.77. The van der Waals surface area contributed by atoms with E-state index in [1.165, 1.54) is 23.3 Å². The summed E-state index contributed by atoms with van der Waals surface area (Å²) in [5.41, 5.74) is 3.14. The molecule has 0 fully saturated rings. The highest BCUT2D eigenvalue weighted by Crippen LogP contribution is 2.19. The van der Waals surface area contributed by atoms with Crippen molar-refractivity contribution in [3.8, 4) is 0 Å². The molecule has 0 bridgehead atoms. The molecule has 0 atom stereocenters. The van der Waals surface area contributed by atoms with Crippen molar-refractivity contribution in [2.75, 3.05) is 19.6 Å². The molecule has 24 heavy (non-hydrogen) atoms. The average Bonchev–Trinajstić information content (AvgIpc) is 2.58. The summed E-state index contributed by atoms with van der Waals surface area (Å²) in [6.45, 7) is 3.53. The van der Waals surface area contributed by atoms with Crippen LogP contribution < -0.4 is 5.32 Å². The molecule has 126 valence electrons. The third kappa shape index (κ3) is 4.13. The molecule has 0 spiro atoms. The van der Waals surface area contributed by atoms with E-state index in [1.54, 1.807) is 0 Å². The van der Waals surface area contributed by atoms with Crippen LogP contribution in [0.1, 0.15) is 27.9 Å². The van der Waals surface area contributed by atoms with E-state index in [-0.39, 0.29) is 10.9 Å². The van der Waals surface area contributed by atoms with Crippen LogP contribution in [0.5, 0.6) is 0 Å². The molecule has 0 aliphatic carbocycles. The molecule has 0 unspecified atom stereocenters. The Kier molecular flexibility index (Phi) is 5.48. The second-order valence-corrected chi connectivity index (χ2v) is 6.44. The molecule has 1 aliphatic rings. The average molecular weight is 347 g/mol. The number of halogens is 2. The third-order valence-electron chi connectivity index (χ3n) is 4.32. The minimum Gasteiger partial charge on any atom is -0.352 e. The zero-order valence-corrected chi connectivity index (χ0v) is 14.2. The van der Waals surface area contributed by atoms with E-state index < -0.39 is 5.82 Å². The van der Waals surface area contributed by atoms with Crippen molar-refractivity contribution in [1.29, 1.82) is 0 Å². The molecule has 0 aromatic heterocycles. The molecule has 5 heteroatoms. The van der Waals surface area contributed by atoms with Crippen LogP contribution in [0.15, 0.2) is 42.5 Å². The van der Waals surface area contributed by atoms with Gasteiger partial charge in [0, 0.05) is 26.2 Å². The smallest absolute Gasteiger partial charge is 0.252 e. The van der Waals surface area contributed by atoms with E-state index in [0.717, 1.165) is 38.5 Å². The summed E-state index contributed by atoms with van der Waals surface area (Å²) in [4.78, 5) is 14.5. The van der Waals surface area contributed by atoms with Crippen LogP contribution >= 0.6 is 11.6 Å².